The molecule has 28 heavy (non-hydrogen) atoms. The summed E-state index contributed by atoms with van der Waals surface area (Å²) in [5.41, 5.74) is 0.768. The Morgan fingerprint density at radius 1 is 1.32 bits per heavy atom. The first kappa shape index (κ1) is 21.1. The van der Waals surface area contributed by atoms with E-state index in [1.165, 1.54) is 16.7 Å². The number of hydrogen-bond acceptors (Lipinski definition) is 7. The molecule has 1 N–H and O–H groups in total. The average Bonchev–Trinajstić information content (AvgIpc) is 3.14. The Labute approximate surface area is 187 Å². The largest absolute Gasteiger partial charge is 1.00 e. The van der Waals surface area contributed by atoms with Crippen molar-refractivity contribution >= 4 is 23.6 Å². The topological polar surface area (TPSA) is 111 Å². The van der Waals surface area contributed by atoms with E-state index >= 15 is 0 Å². The molecule has 1 amide bonds. The predicted octanol–water partition coefficient (Wildman–Crippen LogP) is -2.85. The molecule has 140 valence electrons. The van der Waals surface area contributed by atoms with Crippen molar-refractivity contribution in [2.75, 3.05) is 0 Å². The summed E-state index contributed by atoms with van der Waals surface area (Å²) in [4.78, 5) is 25.6. The molecule has 0 radical (unpaired) electrons. The van der Waals surface area contributed by atoms with Gasteiger partial charge in [-0.1, -0.05) is 42.1 Å². The number of aliphatic hydroxyl groups is 1. The van der Waals surface area contributed by atoms with Crippen molar-refractivity contribution in [3.63, 3.8) is 0 Å². The summed E-state index contributed by atoms with van der Waals surface area (Å²) >= 11 is 1.17. The monoisotopic (exact) mass is 408 g/mol. The van der Waals surface area contributed by atoms with Gasteiger partial charge in [0.2, 0.25) is 5.91 Å². The molecule has 1 aromatic carbocycles. The van der Waals surface area contributed by atoms with E-state index in [1.54, 1.807) is 18.5 Å². The Kier molecular flexibility index (Phi) is 6.02. The van der Waals surface area contributed by atoms with Crippen molar-refractivity contribution in [3.05, 3.63) is 40.9 Å². The van der Waals surface area contributed by atoms with Crippen molar-refractivity contribution in [3.8, 4) is 11.4 Å². The van der Waals surface area contributed by atoms with Gasteiger partial charge in [0.05, 0.1) is 29.7 Å². The number of carboxylic acid groups (broad SMARTS) is 1. The fourth-order valence-electron chi connectivity index (χ4n) is 3.66. The van der Waals surface area contributed by atoms with Crippen molar-refractivity contribution in [1.82, 2.24) is 19.7 Å². The van der Waals surface area contributed by atoms with Gasteiger partial charge >= 0.3 is 29.6 Å². The third-order valence-corrected chi connectivity index (χ3v) is 6.11. The number of benzene rings is 1. The molecule has 10 heteroatoms. The van der Waals surface area contributed by atoms with Crippen LogP contribution < -0.4 is 34.7 Å². The first-order valence-electron chi connectivity index (χ1n) is 8.48. The fraction of sp³-hybridized carbons (Fsp3) is 0.333. The van der Waals surface area contributed by atoms with Crippen LogP contribution in [0.3, 0.4) is 0 Å². The summed E-state index contributed by atoms with van der Waals surface area (Å²) in [5.74, 6) is -1.71. The molecule has 2 aliphatic heterocycles. The molecule has 3 atom stereocenters. The second-order valence-electron chi connectivity index (χ2n) is 6.64. The van der Waals surface area contributed by atoms with Crippen molar-refractivity contribution < 1.29 is 49.4 Å². The summed E-state index contributed by atoms with van der Waals surface area (Å²) in [6, 6.07) is 9.18. The van der Waals surface area contributed by atoms with E-state index < -0.39 is 18.0 Å². The Bertz CT molecular complexity index is 960. The smallest absolute Gasteiger partial charge is 0.543 e. The number of aliphatic carboxylic acids is 1. The van der Waals surface area contributed by atoms with Gasteiger partial charge in [-0.15, -0.1) is 10.2 Å². The Morgan fingerprint density at radius 2 is 2.00 bits per heavy atom. The molecule has 2 aromatic rings. The van der Waals surface area contributed by atoms with E-state index in [0.29, 0.717) is 22.3 Å². The number of aromatic nitrogens is 3. The van der Waals surface area contributed by atoms with Gasteiger partial charge in [0, 0.05) is 23.9 Å². The molecule has 2 aliphatic rings. The number of nitrogens with zero attached hydrogens (tertiary/aromatic N) is 4. The number of carboxylic acids is 1. The number of hydrogen-bond donors (Lipinski definition) is 1. The second kappa shape index (κ2) is 8.00. The van der Waals surface area contributed by atoms with Gasteiger partial charge in [-0.3, -0.25) is 4.79 Å². The number of fused-ring (bicyclic) bond motifs is 1. The fourth-order valence-corrected chi connectivity index (χ4v) is 4.72. The minimum absolute atomic E-state index is 0. The van der Waals surface area contributed by atoms with Crippen molar-refractivity contribution in [2.45, 2.75) is 30.6 Å². The van der Waals surface area contributed by atoms with Gasteiger partial charge in [-0.25, -0.2) is 0 Å². The Balaban J connectivity index is 0.00000225. The third kappa shape index (κ3) is 3.31. The van der Waals surface area contributed by atoms with E-state index in [2.05, 4.69) is 10.2 Å². The molecule has 1 aromatic heterocycles. The summed E-state index contributed by atoms with van der Waals surface area (Å²) in [5, 5.41) is 30.3. The molecule has 0 aliphatic carbocycles. The van der Waals surface area contributed by atoms with Crippen LogP contribution >= 0.6 is 11.8 Å². The van der Waals surface area contributed by atoms with Crippen LogP contribution in [0.25, 0.3) is 11.4 Å². The molecular formula is C18H17N4NaO4S. The number of rotatable bonds is 5. The summed E-state index contributed by atoms with van der Waals surface area (Å²) in [6.07, 6.45) is -0.478. The minimum Gasteiger partial charge on any atom is -0.543 e. The molecule has 4 rings (SSSR count). The molecular weight excluding hydrogens is 391 g/mol. The maximum atomic E-state index is 12.3. The average molecular weight is 408 g/mol. The molecule has 1 saturated heterocycles. The number of thioether (sulfide) groups is 1. The normalized spacial score (nSPS) is 21.8. The van der Waals surface area contributed by atoms with Crippen LogP contribution in [0.1, 0.15) is 13.3 Å². The zero-order valence-electron chi connectivity index (χ0n) is 15.7. The minimum atomic E-state index is -1.40. The van der Waals surface area contributed by atoms with Gasteiger partial charge in [0.15, 0.2) is 11.0 Å². The maximum absolute atomic E-state index is 12.3. The van der Waals surface area contributed by atoms with E-state index in [-0.39, 0.29) is 47.2 Å². The van der Waals surface area contributed by atoms with Crippen LogP contribution in [0.15, 0.2) is 46.1 Å². The van der Waals surface area contributed by atoms with Crippen LogP contribution in [0, 0.1) is 5.92 Å². The van der Waals surface area contributed by atoms with Crippen LogP contribution in [-0.4, -0.2) is 48.8 Å². The molecule has 3 heterocycles. The van der Waals surface area contributed by atoms with Crippen molar-refractivity contribution in [1.29, 1.82) is 0 Å². The SMILES string of the molecule is C[C@@H](O)[C@H]1C(=O)N2C(C(=O)[O-])=C(Sc3nnc(-c4ccccc4)n3C)C[C@H]12.[Na+]. The van der Waals surface area contributed by atoms with Crippen LogP contribution in [0.2, 0.25) is 0 Å². The predicted molar refractivity (Wildman–Crippen MR) is 94.8 cm³/mol. The number of β-lactam (4-membered cyclic amide) rings is 1. The summed E-state index contributed by atoms with van der Waals surface area (Å²) in [7, 11) is 1.80. The van der Waals surface area contributed by atoms with E-state index in [9.17, 15) is 19.8 Å². The Hall–Kier alpha value is -1.65. The van der Waals surface area contributed by atoms with Gasteiger partial charge in [-0.2, -0.15) is 0 Å². The van der Waals surface area contributed by atoms with Gasteiger partial charge in [0.1, 0.15) is 0 Å². The summed E-state index contributed by atoms with van der Waals surface area (Å²) in [6.45, 7) is 1.54. The number of aliphatic hydroxyl groups excluding tert-OH is 1. The molecule has 0 saturated carbocycles. The van der Waals surface area contributed by atoms with Gasteiger partial charge < -0.3 is 24.5 Å². The molecule has 1 fully saturated rings. The van der Waals surface area contributed by atoms with E-state index in [1.807, 2.05) is 30.3 Å². The summed E-state index contributed by atoms with van der Waals surface area (Å²) < 4.78 is 1.78. The van der Waals surface area contributed by atoms with Crippen molar-refractivity contribution in [2.24, 2.45) is 13.0 Å². The van der Waals surface area contributed by atoms with Crippen LogP contribution in [0.4, 0.5) is 0 Å². The van der Waals surface area contributed by atoms with E-state index in [4.69, 9.17) is 0 Å². The quantitative estimate of drug-likeness (QED) is 0.419. The standard InChI is InChI=1S/C18H18N4O4S.Na/c1-9(23)13-11-8-12(14(17(25)26)22(11)16(13)24)27-18-20-19-15(21(18)2)10-6-4-3-5-7-10;/h3-7,9,11,13,23H,8H2,1-2H3,(H,25,26);/q;+1/p-1/t9-,11-,13-;/m1./s1. The van der Waals surface area contributed by atoms with Crippen LogP contribution in [-0.2, 0) is 16.6 Å². The zero-order valence-corrected chi connectivity index (χ0v) is 18.5. The number of carbonyl (C=O) groups is 2. The van der Waals surface area contributed by atoms with Gasteiger partial charge in [0.25, 0.3) is 0 Å². The van der Waals surface area contributed by atoms with E-state index in [0.717, 1.165) is 5.56 Å². The number of amides is 1. The first-order chi connectivity index (χ1) is 12.9. The molecule has 0 spiro atoms. The van der Waals surface area contributed by atoms with Crippen LogP contribution in [0.5, 0.6) is 0 Å². The Morgan fingerprint density at radius 3 is 2.61 bits per heavy atom. The molecule has 8 nitrogen and oxygen atoms in total. The zero-order chi connectivity index (χ0) is 19.3. The first-order valence-corrected chi connectivity index (χ1v) is 9.30. The number of carbonyl (C=O) groups excluding carboxylic acids is 2. The van der Waals surface area contributed by atoms with Gasteiger partial charge in [-0.05, 0) is 6.92 Å². The second-order valence-corrected chi connectivity index (χ2v) is 7.70. The molecule has 0 unspecified atom stereocenters. The maximum Gasteiger partial charge on any atom is 1.00 e. The molecule has 0 bridgehead atoms. The third-order valence-electron chi connectivity index (χ3n) is 4.96.